The molecule has 1 aromatic rings. The van der Waals surface area contributed by atoms with Crippen molar-refractivity contribution in [3.05, 3.63) is 29.8 Å². The van der Waals surface area contributed by atoms with Crippen LogP contribution in [0.15, 0.2) is 24.3 Å². The van der Waals surface area contributed by atoms with Crippen LogP contribution >= 0.6 is 0 Å². The van der Waals surface area contributed by atoms with Gasteiger partial charge in [0.05, 0.1) is 19.1 Å². The number of benzene rings is 1. The van der Waals surface area contributed by atoms with E-state index in [0.717, 1.165) is 5.56 Å². The zero-order valence-corrected chi connectivity index (χ0v) is 15.9. The average molecular weight is 348 g/mol. The van der Waals surface area contributed by atoms with Crippen molar-refractivity contribution >= 4 is 23.4 Å². The van der Waals surface area contributed by atoms with E-state index in [9.17, 15) is 14.4 Å². The van der Waals surface area contributed by atoms with Crippen LogP contribution in [0.2, 0.25) is 0 Å². The number of likely N-dealkylation sites (N-methyl/N-ethyl adjacent to an activating group) is 3. The van der Waals surface area contributed by atoms with Crippen molar-refractivity contribution in [2.45, 2.75) is 19.9 Å². The van der Waals surface area contributed by atoms with Crippen LogP contribution in [-0.4, -0.2) is 79.7 Å². The molecule has 0 saturated carbocycles. The Labute approximate surface area is 149 Å². The number of aryl methyl sites for hydroxylation is 1. The summed E-state index contributed by atoms with van der Waals surface area (Å²) in [5.41, 5.74) is 1.80. The molecule has 1 aromatic carbocycles. The second-order valence-corrected chi connectivity index (χ2v) is 6.49. The predicted octanol–water partition coefficient (Wildman–Crippen LogP) is 0.800. The lowest BCUT2D eigenvalue weighted by Gasteiger charge is -2.28. The largest absolute Gasteiger partial charge is 0.348 e. The van der Waals surface area contributed by atoms with E-state index in [1.165, 1.54) is 9.80 Å². The first-order chi connectivity index (χ1) is 11.6. The summed E-state index contributed by atoms with van der Waals surface area (Å²) in [6.45, 7) is 3.78. The van der Waals surface area contributed by atoms with Crippen molar-refractivity contribution in [3.63, 3.8) is 0 Å². The molecule has 0 saturated heterocycles. The Bertz CT molecular complexity index is 613. The summed E-state index contributed by atoms with van der Waals surface area (Å²) in [6, 6.07) is 6.95. The van der Waals surface area contributed by atoms with Gasteiger partial charge in [-0.3, -0.25) is 19.3 Å². The fourth-order valence-corrected chi connectivity index (χ4v) is 2.13. The van der Waals surface area contributed by atoms with E-state index in [4.69, 9.17) is 0 Å². The molecule has 0 unspecified atom stereocenters. The van der Waals surface area contributed by atoms with E-state index in [0.29, 0.717) is 5.69 Å². The van der Waals surface area contributed by atoms with Crippen molar-refractivity contribution in [2.75, 3.05) is 46.6 Å². The van der Waals surface area contributed by atoms with E-state index in [1.807, 2.05) is 31.2 Å². The molecule has 0 bridgehead atoms. The molecule has 0 heterocycles. The Morgan fingerprint density at radius 1 is 1.00 bits per heavy atom. The number of amides is 3. The first-order valence-electron chi connectivity index (χ1n) is 8.13. The van der Waals surface area contributed by atoms with Gasteiger partial charge in [-0.1, -0.05) is 17.7 Å². The monoisotopic (exact) mass is 348 g/mol. The number of carbonyl (C=O) groups excluding carboxylic acids is 3. The molecular weight excluding hydrogens is 320 g/mol. The summed E-state index contributed by atoms with van der Waals surface area (Å²) >= 11 is 0. The highest BCUT2D eigenvalue weighted by Crippen LogP contribution is 2.09. The minimum Gasteiger partial charge on any atom is -0.348 e. The summed E-state index contributed by atoms with van der Waals surface area (Å²) in [4.78, 5) is 40.8. The van der Waals surface area contributed by atoms with E-state index in [2.05, 4.69) is 5.32 Å². The molecule has 25 heavy (non-hydrogen) atoms. The molecule has 1 N–H and O–H groups in total. The zero-order chi connectivity index (χ0) is 19.1. The normalized spacial score (nSPS) is 11.8. The minimum absolute atomic E-state index is 0.0491. The van der Waals surface area contributed by atoms with Crippen LogP contribution in [0.1, 0.15) is 12.5 Å². The number of hydrogen-bond donors (Lipinski definition) is 1. The predicted molar refractivity (Wildman–Crippen MR) is 98.2 cm³/mol. The molecule has 138 valence electrons. The number of nitrogens with one attached hydrogen (secondary N) is 1. The first-order valence-corrected chi connectivity index (χ1v) is 8.13. The highest BCUT2D eigenvalue weighted by atomic mass is 16.2. The van der Waals surface area contributed by atoms with Crippen LogP contribution in [0, 0.1) is 6.92 Å². The fraction of sp³-hybridized carbons (Fsp3) is 0.500. The number of anilines is 1. The van der Waals surface area contributed by atoms with Gasteiger partial charge in [0.2, 0.25) is 17.7 Å². The molecule has 0 aliphatic carbocycles. The van der Waals surface area contributed by atoms with Crippen LogP contribution in [-0.2, 0) is 14.4 Å². The molecule has 0 aliphatic rings. The lowest BCUT2D eigenvalue weighted by molar-refractivity contribution is -0.139. The fourth-order valence-electron chi connectivity index (χ4n) is 2.13. The average Bonchev–Trinajstić information content (AvgIpc) is 2.55. The SMILES string of the molecule is Cc1ccc(NC(=O)CN(C)C(=O)[C@H](C)N(C)CC(=O)N(C)C)cc1. The molecule has 0 aromatic heterocycles. The van der Waals surface area contributed by atoms with Crippen LogP contribution in [0.25, 0.3) is 0 Å². The molecule has 3 amide bonds. The van der Waals surface area contributed by atoms with E-state index < -0.39 is 6.04 Å². The molecular formula is C18H28N4O3. The molecule has 0 fully saturated rings. The zero-order valence-electron chi connectivity index (χ0n) is 15.9. The van der Waals surface area contributed by atoms with E-state index in [1.54, 1.807) is 40.0 Å². The van der Waals surface area contributed by atoms with E-state index in [-0.39, 0.29) is 30.8 Å². The van der Waals surface area contributed by atoms with Crippen LogP contribution in [0.5, 0.6) is 0 Å². The maximum absolute atomic E-state index is 12.4. The summed E-state index contributed by atoms with van der Waals surface area (Å²) in [6.07, 6.45) is 0. The maximum Gasteiger partial charge on any atom is 0.243 e. The van der Waals surface area contributed by atoms with Gasteiger partial charge in [0.25, 0.3) is 0 Å². The van der Waals surface area contributed by atoms with Gasteiger partial charge in [-0.15, -0.1) is 0 Å². The minimum atomic E-state index is -0.499. The summed E-state index contributed by atoms with van der Waals surface area (Å²) in [5, 5.41) is 2.76. The van der Waals surface area contributed by atoms with Crippen LogP contribution < -0.4 is 5.32 Å². The Morgan fingerprint density at radius 2 is 1.56 bits per heavy atom. The van der Waals surface area contributed by atoms with Gasteiger partial charge < -0.3 is 15.1 Å². The third-order valence-electron chi connectivity index (χ3n) is 3.99. The van der Waals surface area contributed by atoms with Gasteiger partial charge >= 0.3 is 0 Å². The molecule has 0 radical (unpaired) electrons. The summed E-state index contributed by atoms with van der Waals surface area (Å²) < 4.78 is 0. The quantitative estimate of drug-likeness (QED) is 0.791. The molecule has 0 aliphatic heterocycles. The van der Waals surface area contributed by atoms with Gasteiger partial charge in [0, 0.05) is 26.8 Å². The van der Waals surface area contributed by atoms with Crippen molar-refractivity contribution in [2.24, 2.45) is 0 Å². The molecule has 1 rings (SSSR count). The summed E-state index contributed by atoms with van der Waals surface area (Å²) in [7, 11) is 6.63. The van der Waals surface area contributed by atoms with Crippen molar-refractivity contribution in [3.8, 4) is 0 Å². The molecule has 0 spiro atoms. The second kappa shape index (κ2) is 9.17. The van der Waals surface area contributed by atoms with Crippen molar-refractivity contribution in [1.29, 1.82) is 0 Å². The van der Waals surface area contributed by atoms with E-state index >= 15 is 0 Å². The van der Waals surface area contributed by atoms with Gasteiger partial charge in [-0.05, 0) is 33.0 Å². The van der Waals surface area contributed by atoms with Crippen molar-refractivity contribution in [1.82, 2.24) is 14.7 Å². The Morgan fingerprint density at radius 3 is 2.08 bits per heavy atom. The maximum atomic E-state index is 12.4. The van der Waals surface area contributed by atoms with Gasteiger partial charge in [0.15, 0.2) is 0 Å². The standard InChI is InChI=1S/C18H28N4O3/c1-13-7-9-15(10-8-13)19-16(23)11-22(6)18(25)14(2)21(5)12-17(24)20(3)4/h7-10,14H,11-12H2,1-6H3,(H,19,23)/t14-/m0/s1. The Hall–Kier alpha value is -2.41. The third-order valence-corrected chi connectivity index (χ3v) is 3.99. The number of hydrogen-bond acceptors (Lipinski definition) is 4. The number of rotatable bonds is 7. The highest BCUT2D eigenvalue weighted by molar-refractivity contribution is 5.95. The topological polar surface area (TPSA) is 73.0 Å². The number of carbonyl (C=O) groups is 3. The second-order valence-electron chi connectivity index (χ2n) is 6.49. The van der Waals surface area contributed by atoms with Gasteiger partial charge in [-0.2, -0.15) is 0 Å². The van der Waals surface area contributed by atoms with Crippen molar-refractivity contribution < 1.29 is 14.4 Å². The summed E-state index contributed by atoms with van der Waals surface area (Å²) in [5.74, 6) is -0.561. The Kier molecular flexibility index (Phi) is 7.57. The first kappa shape index (κ1) is 20.6. The molecule has 7 heteroatoms. The lowest BCUT2D eigenvalue weighted by atomic mass is 10.2. The lowest BCUT2D eigenvalue weighted by Crippen LogP contribution is -2.48. The number of nitrogens with zero attached hydrogens (tertiary/aromatic N) is 3. The molecule has 1 atom stereocenters. The Balaban J connectivity index is 2.55. The van der Waals surface area contributed by atoms with Crippen LogP contribution in [0.3, 0.4) is 0 Å². The highest BCUT2D eigenvalue weighted by Gasteiger charge is 2.24. The third kappa shape index (κ3) is 6.54. The van der Waals surface area contributed by atoms with Gasteiger partial charge in [0.1, 0.15) is 0 Å². The van der Waals surface area contributed by atoms with Crippen LogP contribution in [0.4, 0.5) is 5.69 Å². The molecule has 7 nitrogen and oxygen atoms in total. The smallest absolute Gasteiger partial charge is 0.243 e. The van der Waals surface area contributed by atoms with Gasteiger partial charge in [-0.25, -0.2) is 0 Å².